The van der Waals surface area contributed by atoms with Crippen molar-refractivity contribution < 1.29 is 14.4 Å². The standard InChI is InChI=1S/C29H33N5O3/c1-2-22-10-6-8-14-25(22)31-27(35)20-33-16-18-34(19-17-33)21-28(36)32-26-15-9-7-13-24(26)29(37)30-23-11-4-3-5-12-23/h3-15H,2,16-21H2,1H3,(H,30,37)(H,31,35)(H,32,36). The molecule has 0 aromatic heterocycles. The molecule has 0 spiro atoms. The predicted molar refractivity (Wildman–Crippen MR) is 147 cm³/mol. The van der Waals surface area contributed by atoms with Crippen LogP contribution in [0.25, 0.3) is 0 Å². The monoisotopic (exact) mass is 499 g/mol. The van der Waals surface area contributed by atoms with E-state index in [1.54, 1.807) is 24.3 Å². The van der Waals surface area contributed by atoms with Gasteiger partial charge in [-0.05, 0) is 42.3 Å². The third-order valence-corrected chi connectivity index (χ3v) is 6.35. The van der Waals surface area contributed by atoms with E-state index in [2.05, 4.69) is 32.7 Å². The summed E-state index contributed by atoms with van der Waals surface area (Å²) >= 11 is 0. The SMILES string of the molecule is CCc1ccccc1NC(=O)CN1CCN(CC(=O)Nc2ccccc2C(=O)Nc2ccccc2)CC1. The zero-order valence-corrected chi connectivity index (χ0v) is 21.1. The van der Waals surface area contributed by atoms with Gasteiger partial charge >= 0.3 is 0 Å². The van der Waals surface area contributed by atoms with Gasteiger partial charge in [0.1, 0.15) is 0 Å². The van der Waals surface area contributed by atoms with Gasteiger partial charge < -0.3 is 16.0 Å². The molecule has 37 heavy (non-hydrogen) atoms. The molecule has 3 aromatic carbocycles. The molecular weight excluding hydrogens is 466 g/mol. The number of carbonyl (C=O) groups excluding carboxylic acids is 3. The number of hydrogen-bond donors (Lipinski definition) is 3. The maximum Gasteiger partial charge on any atom is 0.257 e. The summed E-state index contributed by atoms with van der Waals surface area (Å²) in [6, 6.07) is 24.0. The lowest BCUT2D eigenvalue weighted by atomic mass is 10.1. The second kappa shape index (κ2) is 12.8. The van der Waals surface area contributed by atoms with Crippen LogP contribution in [0.3, 0.4) is 0 Å². The van der Waals surface area contributed by atoms with E-state index < -0.39 is 0 Å². The van der Waals surface area contributed by atoms with Crippen LogP contribution in [-0.2, 0) is 16.0 Å². The summed E-state index contributed by atoms with van der Waals surface area (Å²) in [6.45, 7) is 5.38. The summed E-state index contributed by atoms with van der Waals surface area (Å²) in [7, 11) is 0. The van der Waals surface area contributed by atoms with Crippen LogP contribution in [0.1, 0.15) is 22.8 Å². The minimum atomic E-state index is -0.282. The van der Waals surface area contributed by atoms with Crippen molar-refractivity contribution in [2.45, 2.75) is 13.3 Å². The molecule has 1 saturated heterocycles. The Kier molecular flexibility index (Phi) is 9.02. The zero-order chi connectivity index (χ0) is 26.0. The lowest BCUT2D eigenvalue weighted by molar-refractivity contribution is -0.120. The molecule has 1 fully saturated rings. The third-order valence-electron chi connectivity index (χ3n) is 6.35. The first-order valence-corrected chi connectivity index (χ1v) is 12.6. The Morgan fingerprint density at radius 3 is 1.78 bits per heavy atom. The Balaban J connectivity index is 1.24. The number of para-hydroxylation sites is 3. The summed E-state index contributed by atoms with van der Waals surface area (Å²) in [4.78, 5) is 42.3. The van der Waals surface area contributed by atoms with Gasteiger partial charge in [-0.25, -0.2) is 0 Å². The van der Waals surface area contributed by atoms with Gasteiger partial charge in [0, 0.05) is 37.6 Å². The van der Waals surface area contributed by atoms with Gasteiger partial charge in [0.05, 0.1) is 24.3 Å². The van der Waals surface area contributed by atoms with E-state index in [9.17, 15) is 14.4 Å². The average Bonchev–Trinajstić information content (AvgIpc) is 2.91. The number of amides is 3. The highest BCUT2D eigenvalue weighted by molar-refractivity contribution is 6.10. The Labute approximate surface area is 217 Å². The Hall–Kier alpha value is -4.01. The van der Waals surface area contributed by atoms with Crippen LogP contribution < -0.4 is 16.0 Å². The predicted octanol–water partition coefficient (Wildman–Crippen LogP) is 3.70. The normalized spacial score (nSPS) is 14.1. The van der Waals surface area contributed by atoms with Crippen LogP contribution >= 0.6 is 0 Å². The van der Waals surface area contributed by atoms with E-state index in [-0.39, 0.29) is 24.3 Å². The number of piperazine rings is 1. The molecule has 8 heteroatoms. The van der Waals surface area contributed by atoms with Crippen molar-refractivity contribution in [3.8, 4) is 0 Å². The van der Waals surface area contributed by atoms with Gasteiger partial charge in [-0.15, -0.1) is 0 Å². The molecule has 0 atom stereocenters. The number of aryl methyl sites for hydroxylation is 1. The highest BCUT2D eigenvalue weighted by Gasteiger charge is 2.22. The lowest BCUT2D eigenvalue weighted by Crippen LogP contribution is -2.50. The molecule has 8 nitrogen and oxygen atoms in total. The van der Waals surface area contributed by atoms with Gasteiger partial charge in [0.25, 0.3) is 5.91 Å². The van der Waals surface area contributed by atoms with E-state index in [1.165, 1.54) is 0 Å². The fraction of sp³-hybridized carbons (Fsp3) is 0.276. The number of nitrogens with zero attached hydrogens (tertiary/aromatic N) is 2. The molecule has 0 saturated carbocycles. The average molecular weight is 500 g/mol. The largest absolute Gasteiger partial charge is 0.325 e. The molecule has 0 bridgehead atoms. The molecule has 192 valence electrons. The fourth-order valence-corrected chi connectivity index (χ4v) is 4.35. The number of rotatable bonds is 9. The number of carbonyl (C=O) groups is 3. The number of hydrogen-bond acceptors (Lipinski definition) is 5. The van der Waals surface area contributed by atoms with E-state index in [0.29, 0.717) is 49.7 Å². The minimum absolute atomic E-state index is 0.0301. The Morgan fingerprint density at radius 1 is 0.649 bits per heavy atom. The molecule has 3 amide bonds. The van der Waals surface area contributed by atoms with Gasteiger partial charge in [-0.1, -0.05) is 55.5 Å². The van der Waals surface area contributed by atoms with E-state index >= 15 is 0 Å². The molecule has 0 radical (unpaired) electrons. The molecule has 3 N–H and O–H groups in total. The molecule has 4 rings (SSSR count). The van der Waals surface area contributed by atoms with E-state index in [0.717, 1.165) is 17.7 Å². The highest BCUT2D eigenvalue weighted by atomic mass is 16.2. The molecule has 3 aromatic rings. The smallest absolute Gasteiger partial charge is 0.257 e. The molecular formula is C29H33N5O3. The molecule has 1 aliphatic rings. The summed E-state index contributed by atoms with van der Waals surface area (Å²) in [5.41, 5.74) is 3.55. The van der Waals surface area contributed by atoms with Gasteiger partial charge in [-0.2, -0.15) is 0 Å². The van der Waals surface area contributed by atoms with Crippen LogP contribution in [-0.4, -0.2) is 66.8 Å². The second-order valence-electron chi connectivity index (χ2n) is 9.03. The molecule has 0 aliphatic carbocycles. The van der Waals surface area contributed by atoms with Gasteiger partial charge in [0.2, 0.25) is 11.8 Å². The zero-order valence-electron chi connectivity index (χ0n) is 21.1. The number of nitrogens with one attached hydrogen (secondary N) is 3. The summed E-state index contributed by atoms with van der Waals surface area (Å²) < 4.78 is 0. The van der Waals surface area contributed by atoms with Crippen LogP contribution in [0.5, 0.6) is 0 Å². The van der Waals surface area contributed by atoms with Crippen molar-refractivity contribution in [1.29, 1.82) is 0 Å². The lowest BCUT2D eigenvalue weighted by Gasteiger charge is -2.33. The van der Waals surface area contributed by atoms with Crippen LogP contribution in [0.15, 0.2) is 78.9 Å². The van der Waals surface area contributed by atoms with Crippen LogP contribution in [0, 0.1) is 0 Å². The second-order valence-corrected chi connectivity index (χ2v) is 9.03. The summed E-state index contributed by atoms with van der Waals surface area (Å²) in [5.74, 6) is -0.490. The number of benzene rings is 3. The highest BCUT2D eigenvalue weighted by Crippen LogP contribution is 2.18. The topological polar surface area (TPSA) is 93.8 Å². The first-order chi connectivity index (χ1) is 18.0. The van der Waals surface area contributed by atoms with Gasteiger partial charge in [-0.3, -0.25) is 24.2 Å². The van der Waals surface area contributed by atoms with Crippen LogP contribution in [0.2, 0.25) is 0 Å². The minimum Gasteiger partial charge on any atom is -0.325 e. The summed E-state index contributed by atoms with van der Waals surface area (Å²) in [6.07, 6.45) is 0.860. The first kappa shape index (κ1) is 26.1. The fourth-order valence-electron chi connectivity index (χ4n) is 4.35. The van der Waals surface area contributed by atoms with Crippen molar-refractivity contribution in [3.05, 3.63) is 90.0 Å². The van der Waals surface area contributed by atoms with E-state index in [1.807, 2.05) is 54.6 Å². The van der Waals surface area contributed by atoms with Crippen molar-refractivity contribution in [2.75, 3.05) is 55.2 Å². The Bertz CT molecular complexity index is 1220. The Morgan fingerprint density at radius 2 is 1.16 bits per heavy atom. The molecule has 1 heterocycles. The van der Waals surface area contributed by atoms with Crippen molar-refractivity contribution >= 4 is 34.8 Å². The summed E-state index contributed by atoms with van der Waals surface area (Å²) in [5, 5.41) is 8.76. The van der Waals surface area contributed by atoms with Crippen LogP contribution in [0.4, 0.5) is 17.1 Å². The van der Waals surface area contributed by atoms with Crippen molar-refractivity contribution in [3.63, 3.8) is 0 Å². The van der Waals surface area contributed by atoms with Crippen molar-refractivity contribution in [2.24, 2.45) is 0 Å². The quantitative estimate of drug-likeness (QED) is 0.418. The maximum atomic E-state index is 12.8. The molecule has 0 unspecified atom stereocenters. The maximum absolute atomic E-state index is 12.8. The molecule has 1 aliphatic heterocycles. The van der Waals surface area contributed by atoms with Crippen molar-refractivity contribution in [1.82, 2.24) is 9.80 Å². The van der Waals surface area contributed by atoms with Gasteiger partial charge in [0.15, 0.2) is 0 Å². The van der Waals surface area contributed by atoms with E-state index in [4.69, 9.17) is 0 Å². The number of anilines is 3. The third kappa shape index (κ3) is 7.49. The first-order valence-electron chi connectivity index (χ1n) is 12.6.